The maximum Gasteiger partial charge on any atom is 0.129 e. The van der Waals surface area contributed by atoms with Gasteiger partial charge in [-0.05, 0) is 26.0 Å². The first kappa shape index (κ1) is 7.86. The molecule has 1 nitrogen and oxygen atoms in total. The van der Waals surface area contributed by atoms with E-state index in [2.05, 4.69) is 0 Å². The summed E-state index contributed by atoms with van der Waals surface area (Å²) < 4.78 is 5.19. The van der Waals surface area contributed by atoms with E-state index in [4.69, 9.17) is 4.42 Å². The third-order valence-electron chi connectivity index (χ3n) is 1.46. The zero-order valence-electron chi connectivity index (χ0n) is 6.87. The van der Waals surface area contributed by atoms with Gasteiger partial charge >= 0.3 is 0 Å². The maximum absolute atomic E-state index is 5.19. The van der Waals surface area contributed by atoms with Crippen LogP contribution in [-0.4, -0.2) is 0 Å². The van der Waals surface area contributed by atoms with Crippen LogP contribution >= 0.6 is 0 Å². The fourth-order valence-electron chi connectivity index (χ4n) is 0.903. The van der Waals surface area contributed by atoms with E-state index in [1.165, 1.54) is 0 Å². The molecule has 1 rings (SSSR count). The summed E-state index contributed by atoms with van der Waals surface area (Å²) in [5.74, 6) is 0. The van der Waals surface area contributed by atoms with Crippen molar-refractivity contribution in [2.75, 3.05) is 0 Å². The van der Waals surface area contributed by atoms with E-state index in [1.54, 1.807) is 6.26 Å². The summed E-state index contributed by atoms with van der Waals surface area (Å²) in [6.07, 6.45) is 9.67. The van der Waals surface area contributed by atoms with Crippen LogP contribution in [0.15, 0.2) is 28.9 Å². The zero-order chi connectivity index (χ0) is 8.10. The molecule has 1 aromatic rings. The Kier molecular flexibility index (Phi) is 2.73. The van der Waals surface area contributed by atoms with Crippen molar-refractivity contribution in [3.05, 3.63) is 35.1 Å². The fraction of sp³-hybridized carbons (Fsp3) is 0.200. The third-order valence-corrected chi connectivity index (χ3v) is 1.46. The summed E-state index contributed by atoms with van der Waals surface area (Å²) in [6, 6.07) is 1.95. The summed E-state index contributed by atoms with van der Waals surface area (Å²) in [7, 11) is 0. The molecule has 0 bridgehead atoms. The maximum atomic E-state index is 5.19. The largest absolute Gasteiger partial charge is 0.465 e. The van der Waals surface area contributed by atoms with Crippen LogP contribution < -0.4 is 10.6 Å². The Morgan fingerprint density at radius 1 is 1.36 bits per heavy atom. The highest BCUT2D eigenvalue weighted by atomic mass is 16.3. The van der Waals surface area contributed by atoms with E-state index >= 15 is 0 Å². The van der Waals surface area contributed by atoms with Crippen LogP contribution in [0.25, 0.3) is 12.2 Å². The minimum Gasteiger partial charge on any atom is -0.465 e. The minimum absolute atomic E-state index is 0.933. The van der Waals surface area contributed by atoms with Gasteiger partial charge in [0.15, 0.2) is 0 Å². The predicted octanol–water partition coefficient (Wildman–Crippen LogP) is 1.44. The molecule has 11 heavy (non-hydrogen) atoms. The Morgan fingerprint density at radius 2 is 2.18 bits per heavy atom. The van der Waals surface area contributed by atoms with Crippen LogP contribution in [0.4, 0.5) is 0 Å². The van der Waals surface area contributed by atoms with E-state index in [1.807, 2.05) is 44.2 Å². The molecule has 0 N–H and O–H groups in total. The van der Waals surface area contributed by atoms with Crippen molar-refractivity contribution in [3.63, 3.8) is 0 Å². The standard InChI is InChI=1S/C10H12O/c1-3-5-6-9-7-8-11-10(9)4-2/h3-8H,1-2H3/b5-3-,9-6-,10-4+. The first-order chi connectivity index (χ1) is 5.38. The predicted molar refractivity (Wildman–Crippen MR) is 47.4 cm³/mol. The summed E-state index contributed by atoms with van der Waals surface area (Å²) in [5.41, 5.74) is 0.933. The first-order valence-electron chi connectivity index (χ1n) is 3.71. The van der Waals surface area contributed by atoms with E-state index in [-0.39, 0.29) is 0 Å². The van der Waals surface area contributed by atoms with Crippen molar-refractivity contribution < 1.29 is 4.42 Å². The Hall–Kier alpha value is -1.24. The van der Waals surface area contributed by atoms with Crippen LogP contribution in [0, 0.1) is 0 Å². The van der Waals surface area contributed by atoms with Crippen molar-refractivity contribution in [1.29, 1.82) is 0 Å². The lowest BCUT2D eigenvalue weighted by Gasteiger charge is -1.73. The van der Waals surface area contributed by atoms with Gasteiger partial charge < -0.3 is 4.42 Å². The molecule has 0 aliphatic carbocycles. The van der Waals surface area contributed by atoms with Crippen molar-refractivity contribution in [2.24, 2.45) is 0 Å². The molecule has 1 aromatic heterocycles. The molecule has 0 saturated carbocycles. The molecule has 0 spiro atoms. The van der Waals surface area contributed by atoms with Crippen molar-refractivity contribution in [2.45, 2.75) is 13.8 Å². The lowest BCUT2D eigenvalue weighted by atomic mass is 10.3. The summed E-state index contributed by atoms with van der Waals surface area (Å²) in [4.78, 5) is 0. The molecule has 0 amide bonds. The second kappa shape index (κ2) is 3.81. The number of allylic oxidation sites excluding steroid dienone is 2. The van der Waals surface area contributed by atoms with Crippen LogP contribution in [-0.2, 0) is 0 Å². The SMILES string of the molecule is C\C=C/C=c1/cco/c1=C/C. The smallest absolute Gasteiger partial charge is 0.129 e. The van der Waals surface area contributed by atoms with Crippen LogP contribution in [0.1, 0.15) is 13.8 Å². The molecule has 0 radical (unpaired) electrons. The molecule has 0 atom stereocenters. The van der Waals surface area contributed by atoms with E-state index in [9.17, 15) is 0 Å². The summed E-state index contributed by atoms with van der Waals surface area (Å²) in [5, 5.41) is 1.13. The zero-order valence-corrected chi connectivity index (χ0v) is 6.87. The van der Waals surface area contributed by atoms with Crippen LogP contribution in [0.5, 0.6) is 0 Å². The van der Waals surface area contributed by atoms with Gasteiger partial charge in [-0.15, -0.1) is 0 Å². The van der Waals surface area contributed by atoms with Gasteiger partial charge in [0.05, 0.1) is 6.26 Å². The van der Waals surface area contributed by atoms with Gasteiger partial charge in [0, 0.05) is 5.22 Å². The normalized spacial score (nSPS) is 15.1. The Bertz CT molecular complexity index is 341. The molecule has 1 heterocycles. The first-order valence-corrected chi connectivity index (χ1v) is 3.71. The van der Waals surface area contributed by atoms with Gasteiger partial charge in [0.1, 0.15) is 5.42 Å². The Labute approximate surface area is 66.3 Å². The molecule has 58 valence electrons. The van der Waals surface area contributed by atoms with Crippen molar-refractivity contribution in [3.8, 4) is 0 Å². The number of hydrogen-bond donors (Lipinski definition) is 0. The van der Waals surface area contributed by atoms with E-state index in [0.717, 1.165) is 10.6 Å². The average molecular weight is 148 g/mol. The Balaban J connectivity index is 3.23. The molecular weight excluding hydrogens is 136 g/mol. The topological polar surface area (TPSA) is 13.1 Å². The number of rotatable bonds is 1. The van der Waals surface area contributed by atoms with E-state index in [0.29, 0.717) is 0 Å². The molecule has 0 aliphatic heterocycles. The monoisotopic (exact) mass is 148 g/mol. The van der Waals surface area contributed by atoms with Gasteiger partial charge in [0.25, 0.3) is 0 Å². The Morgan fingerprint density at radius 3 is 2.82 bits per heavy atom. The lowest BCUT2D eigenvalue weighted by Crippen LogP contribution is -2.17. The van der Waals surface area contributed by atoms with Crippen LogP contribution in [0.2, 0.25) is 0 Å². The van der Waals surface area contributed by atoms with Crippen LogP contribution in [0.3, 0.4) is 0 Å². The van der Waals surface area contributed by atoms with Gasteiger partial charge in [-0.1, -0.05) is 18.2 Å². The third kappa shape index (κ3) is 1.84. The highest BCUT2D eigenvalue weighted by Gasteiger charge is 1.82. The molecular formula is C10H12O. The van der Waals surface area contributed by atoms with Gasteiger partial charge in [-0.25, -0.2) is 0 Å². The molecule has 0 saturated heterocycles. The van der Waals surface area contributed by atoms with Crippen molar-refractivity contribution in [1.82, 2.24) is 0 Å². The minimum atomic E-state index is 0.933. The molecule has 0 unspecified atom stereocenters. The van der Waals surface area contributed by atoms with E-state index < -0.39 is 0 Å². The van der Waals surface area contributed by atoms with Crippen molar-refractivity contribution >= 4 is 12.2 Å². The van der Waals surface area contributed by atoms with Gasteiger partial charge in [-0.3, -0.25) is 0 Å². The second-order valence-electron chi connectivity index (χ2n) is 2.22. The average Bonchev–Trinajstić information content (AvgIpc) is 2.47. The van der Waals surface area contributed by atoms with Gasteiger partial charge in [-0.2, -0.15) is 0 Å². The second-order valence-corrected chi connectivity index (χ2v) is 2.22. The number of furan rings is 1. The molecule has 0 aromatic carbocycles. The highest BCUT2D eigenvalue weighted by Crippen LogP contribution is 1.74. The lowest BCUT2D eigenvalue weighted by molar-refractivity contribution is 0.530. The molecule has 1 heteroatoms. The number of hydrogen-bond acceptors (Lipinski definition) is 1. The fourth-order valence-corrected chi connectivity index (χ4v) is 0.903. The summed E-state index contributed by atoms with van der Waals surface area (Å²) in [6.45, 7) is 3.96. The quantitative estimate of drug-likeness (QED) is 0.587. The molecule has 0 aliphatic rings. The highest BCUT2D eigenvalue weighted by molar-refractivity contribution is 5.36. The van der Waals surface area contributed by atoms with Gasteiger partial charge in [0.2, 0.25) is 0 Å². The summed E-state index contributed by atoms with van der Waals surface area (Å²) >= 11 is 0. The molecule has 0 fully saturated rings.